The maximum absolute atomic E-state index is 13.4. The zero-order chi connectivity index (χ0) is 24.1. The number of carbonyl (C=O) groups excluding carboxylic acids is 4. The number of amides is 3. The standard InChI is InChI=1S/C22H31N3O7/c1-22(2,3)32-21(30)23-16(12-14-6-8-15(13-26)9-7-14)18(27)25-11-10-24(4)19(28)17(25)20(29)31-5/h6-9,16-17,26H,10-13H2,1-5H3,(H,23,30)/t16?,17-/m0/s1. The second-order valence-electron chi connectivity index (χ2n) is 8.59. The summed E-state index contributed by atoms with van der Waals surface area (Å²) in [6.07, 6.45) is -0.698. The quantitative estimate of drug-likeness (QED) is 0.477. The molecule has 1 aromatic rings. The molecule has 0 spiro atoms. The number of hydrogen-bond donors (Lipinski definition) is 2. The maximum atomic E-state index is 13.4. The van der Waals surface area contributed by atoms with Gasteiger partial charge in [-0.25, -0.2) is 9.59 Å². The molecule has 0 radical (unpaired) electrons. The van der Waals surface area contributed by atoms with Crippen LogP contribution in [0.4, 0.5) is 4.79 Å². The van der Waals surface area contributed by atoms with Crippen molar-refractivity contribution in [3.63, 3.8) is 0 Å². The predicted octanol–water partition coefficient (Wildman–Crippen LogP) is 0.457. The molecule has 10 heteroatoms. The first-order chi connectivity index (χ1) is 15.0. The number of esters is 1. The smallest absolute Gasteiger partial charge is 0.408 e. The lowest BCUT2D eigenvalue weighted by Crippen LogP contribution is -2.64. The van der Waals surface area contributed by atoms with Gasteiger partial charge in [0.05, 0.1) is 13.7 Å². The molecule has 1 aromatic carbocycles. The molecule has 176 valence electrons. The van der Waals surface area contributed by atoms with Crippen molar-refractivity contribution in [2.75, 3.05) is 27.2 Å². The SMILES string of the molecule is COC(=O)[C@@H]1C(=O)N(C)CCN1C(=O)C(Cc1ccc(CO)cc1)NC(=O)OC(C)(C)C. The number of nitrogens with one attached hydrogen (secondary N) is 1. The van der Waals surface area contributed by atoms with E-state index in [9.17, 15) is 24.3 Å². The van der Waals surface area contributed by atoms with Gasteiger partial charge in [0.25, 0.3) is 5.91 Å². The third-order valence-electron chi connectivity index (χ3n) is 4.94. The number of likely N-dealkylation sites (N-methyl/N-ethyl adjacent to an activating group) is 1. The monoisotopic (exact) mass is 449 g/mol. The van der Waals surface area contributed by atoms with E-state index in [-0.39, 0.29) is 26.1 Å². The van der Waals surface area contributed by atoms with Crippen molar-refractivity contribution in [2.45, 2.75) is 51.5 Å². The molecule has 1 fully saturated rings. The number of carbonyl (C=O) groups is 4. The first-order valence-electron chi connectivity index (χ1n) is 10.3. The van der Waals surface area contributed by atoms with Crippen molar-refractivity contribution < 1.29 is 33.8 Å². The van der Waals surface area contributed by atoms with Crippen molar-refractivity contribution in [2.24, 2.45) is 0 Å². The van der Waals surface area contributed by atoms with Crippen LogP contribution in [0.1, 0.15) is 31.9 Å². The number of methoxy groups -OCH3 is 1. The van der Waals surface area contributed by atoms with Crippen molar-refractivity contribution >= 4 is 23.9 Å². The molecule has 2 N–H and O–H groups in total. The van der Waals surface area contributed by atoms with E-state index in [0.717, 1.165) is 12.0 Å². The fourth-order valence-electron chi connectivity index (χ4n) is 3.28. The number of benzene rings is 1. The van der Waals surface area contributed by atoms with Crippen molar-refractivity contribution in [1.29, 1.82) is 0 Å². The molecule has 2 atom stereocenters. The lowest BCUT2D eigenvalue weighted by atomic mass is 10.0. The second kappa shape index (κ2) is 10.4. The second-order valence-corrected chi connectivity index (χ2v) is 8.59. The fraction of sp³-hybridized carbons (Fsp3) is 0.545. The number of rotatable bonds is 6. The summed E-state index contributed by atoms with van der Waals surface area (Å²) in [5, 5.41) is 11.8. The Balaban J connectivity index is 2.32. The van der Waals surface area contributed by atoms with E-state index in [4.69, 9.17) is 9.47 Å². The number of ether oxygens (including phenoxy) is 2. The summed E-state index contributed by atoms with van der Waals surface area (Å²) in [5.74, 6) is -2.00. The Labute approximate surface area is 187 Å². The maximum Gasteiger partial charge on any atom is 0.408 e. The van der Waals surface area contributed by atoms with Gasteiger partial charge in [0, 0.05) is 26.6 Å². The molecule has 0 bridgehead atoms. The summed E-state index contributed by atoms with van der Waals surface area (Å²) in [6, 6.07) is 4.37. The van der Waals surface area contributed by atoms with E-state index in [0.29, 0.717) is 11.1 Å². The molecule has 1 aliphatic heterocycles. The Hall–Kier alpha value is -3.14. The van der Waals surface area contributed by atoms with E-state index in [1.165, 1.54) is 4.90 Å². The number of piperazine rings is 1. The minimum Gasteiger partial charge on any atom is -0.467 e. The van der Waals surface area contributed by atoms with Gasteiger partial charge in [-0.15, -0.1) is 0 Å². The third-order valence-corrected chi connectivity index (χ3v) is 4.94. The lowest BCUT2D eigenvalue weighted by Gasteiger charge is -2.39. The van der Waals surface area contributed by atoms with Crippen LogP contribution < -0.4 is 5.32 Å². The molecule has 10 nitrogen and oxygen atoms in total. The van der Waals surface area contributed by atoms with E-state index in [2.05, 4.69) is 5.32 Å². The fourth-order valence-corrected chi connectivity index (χ4v) is 3.28. The van der Waals surface area contributed by atoms with Crippen LogP contribution in [0.25, 0.3) is 0 Å². The van der Waals surface area contributed by atoms with Crippen molar-refractivity contribution in [1.82, 2.24) is 15.1 Å². The predicted molar refractivity (Wildman–Crippen MR) is 114 cm³/mol. The summed E-state index contributed by atoms with van der Waals surface area (Å²) < 4.78 is 10.0. The first kappa shape index (κ1) is 25.1. The highest BCUT2D eigenvalue weighted by Gasteiger charge is 2.44. The molecular formula is C22H31N3O7. The average molecular weight is 450 g/mol. The van der Waals surface area contributed by atoms with Crippen LogP contribution in [0, 0.1) is 0 Å². The molecule has 1 unspecified atom stereocenters. The molecule has 0 aliphatic carbocycles. The Morgan fingerprint density at radius 1 is 1.16 bits per heavy atom. The highest BCUT2D eigenvalue weighted by molar-refractivity contribution is 6.06. The summed E-state index contributed by atoms with van der Waals surface area (Å²) in [6.45, 7) is 5.32. The summed E-state index contributed by atoms with van der Waals surface area (Å²) in [7, 11) is 2.69. The van der Waals surface area contributed by atoms with E-state index in [1.54, 1.807) is 52.1 Å². The molecular weight excluding hydrogens is 418 g/mol. The number of alkyl carbamates (subject to hydrolysis) is 1. The zero-order valence-electron chi connectivity index (χ0n) is 19.1. The van der Waals surface area contributed by atoms with Gasteiger partial charge in [0.1, 0.15) is 11.6 Å². The van der Waals surface area contributed by atoms with E-state index in [1.807, 2.05) is 0 Å². The van der Waals surface area contributed by atoms with Crippen LogP contribution in [0.3, 0.4) is 0 Å². The molecule has 1 heterocycles. The minimum absolute atomic E-state index is 0.0954. The van der Waals surface area contributed by atoms with Crippen LogP contribution in [0.15, 0.2) is 24.3 Å². The Morgan fingerprint density at radius 3 is 2.28 bits per heavy atom. The Morgan fingerprint density at radius 2 is 1.75 bits per heavy atom. The van der Waals surface area contributed by atoms with Crippen LogP contribution in [-0.4, -0.2) is 83.7 Å². The van der Waals surface area contributed by atoms with Gasteiger partial charge >= 0.3 is 12.1 Å². The average Bonchev–Trinajstić information content (AvgIpc) is 2.73. The lowest BCUT2D eigenvalue weighted by molar-refractivity contribution is -0.164. The van der Waals surface area contributed by atoms with Crippen LogP contribution in [-0.2, 0) is 36.9 Å². The number of hydrogen-bond acceptors (Lipinski definition) is 7. The normalized spacial score (nSPS) is 17.6. The topological polar surface area (TPSA) is 125 Å². The molecule has 1 aliphatic rings. The van der Waals surface area contributed by atoms with Gasteiger partial charge in [0.15, 0.2) is 0 Å². The number of aliphatic hydroxyl groups is 1. The van der Waals surface area contributed by atoms with Crippen molar-refractivity contribution in [3.05, 3.63) is 35.4 Å². The van der Waals surface area contributed by atoms with Crippen LogP contribution >= 0.6 is 0 Å². The summed E-state index contributed by atoms with van der Waals surface area (Å²) in [4.78, 5) is 53.3. The van der Waals surface area contributed by atoms with Gasteiger partial charge in [-0.05, 0) is 31.9 Å². The first-order valence-corrected chi connectivity index (χ1v) is 10.3. The van der Waals surface area contributed by atoms with Gasteiger partial charge in [-0.3, -0.25) is 9.59 Å². The molecule has 32 heavy (non-hydrogen) atoms. The minimum atomic E-state index is -1.43. The van der Waals surface area contributed by atoms with Crippen molar-refractivity contribution in [3.8, 4) is 0 Å². The van der Waals surface area contributed by atoms with Crippen LogP contribution in [0.2, 0.25) is 0 Å². The summed E-state index contributed by atoms with van der Waals surface area (Å²) >= 11 is 0. The number of nitrogens with zero attached hydrogens (tertiary/aromatic N) is 2. The van der Waals surface area contributed by atoms with E-state index < -0.39 is 41.6 Å². The highest BCUT2D eigenvalue weighted by atomic mass is 16.6. The zero-order valence-corrected chi connectivity index (χ0v) is 19.1. The molecule has 2 rings (SSSR count). The summed E-state index contributed by atoms with van der Waals surface area (Å²) in [5.41, 5.74) is 0.637. The van der Waals surface area contributed by atoms with E-state index >= 15 is 0 Å². The molecule has 0 aromatic heterocycles. The van der Waals surface area contributed by atoms with Crippen LogP contribution in [0.5, 0.6) is 0 Å². The number of aliphatic hydroxyl groups excluding tert-OH is 1. The van der Waals surface area contributed by atoms with Gasteiger partial charge in [-0.2, -0.15) is 0 Å². The Kier molecular flexibility index (Phi) is 8.20. The molecule has 3 amide bonds. The molecule has 1 saturated heterocycles. The van der Waals surface area contributed by atoms with Gasteiger partial charge in [-0.1, -0.05) is 24.3 Å². The van der Waals surface area contributed by atoms with Gasteiger partial charge < -0.3 is 29.7 Å². The van der Waals surface area contributed by atoms with Gasteiger partial charge in [0.2, 0.25) is 11.9 Å². The molecule has 0 saturated carbocycles. The Bertz CT molecular complexity index is 848. The highest BCUT2D eigenvalue weighted by Crippen LogP contribution is 2.17. The third kappa shape index (κ3) is 6.43. The largest absolute Gasteiger partial charge is 0.467 e.